The molecule has 0 saturated heterocycles. The number of carbonyl (C=O) groups excluding carboxylic acids is 1. The average Bonchev–Trinajstić information content (AvgIpc) is 2.32. The van der Waals surface area contributed by atoms with Gasteiger partial charge < -0.3 is 15.8 Å². The number of amides is 1. The van der Waals surface area contributed by atoms with Gasteiger partial charge in [0, 0.05) is 18.5 Å². The number of ether oxygens (including phenoxy) is 1. The zero-order valence-electron chi connectivity index (χ0n) is 12.0. The van der Waals surface area contributed by atoms with Crippen LogP contribution < -0.4 is 15.8 Å². The average molecular weight is 304 g/mol. The molecule has 1 aromatic rings. The Morgan fingerprint density at radius 2 is 1.81 bits per heavy atom. The highest BCUT2D eigenvalue weighted by molar-refractivity contribution is 5.77. The Balaban J connectivity index is 2.43. The van der Waals surface area contributed by atoms with E-state index in [1.807, 2.05) is 0 Å². The Morgan fingerprint density at radius 1 is 1.24 bits per heavy atom. The number of rotatable bonds is 6. The van der Waals surface area contributed by atoms with Crippen molar-refractivity contribution >= 4 is 5.91 Å². The lowest BCUT2D eigenvalue weighted by molar-refractivity contribution is -0.153. The van der Waals surface area contributed by atoms with E-state index in [-0.39, 0.29) is 24.6 Å². The minimum absolute atomic E-state index is 0.130. The van der Waals surface area contributed by atoms with Crippen LogP contribution in [0.25, 0.3) is 0 Å². The summed E-state index contributed by atoms with van der Waals surface area (Å²) in [6, 6.07) is 6.05. The van der Waals surface area contributed by atoms with Crippen molar-refractivity contribution in [3.05, 3.63) is 29.8 Å². The van der Waals surface area contributed by atoms with Crippen LogP contribution >= 0.6 is 0 Å². The molecule has 4 nitrogen and oxygen atoms in total. The van der Waals surface area contributed by atoms with Gasteiger partial charge in [0.1, 0.15) is 5.75 Å². The van der Waals surface area contributed by atoms with Crippen LogP contribution in [0.3, 0.4) is 0 Å². The largest absolute Gasteiger partial charge is 0.484 e. The molecule has 0 spiro atoms. The molecule has 0 aliphatic rings. The summed E-state index contributed by atoms with van der Waals surface area (Å²) in [4.78, 5) is 11.6. The minimum atomic E-state index is -4.36. The molecule has 3 N–H and O–H groups in total. The smallest absolute Gasteiger partial charge is 0.422 e. The predicted molar refractivity (Wildman–Crippen MR) is 72.7 cm³/mol. The lowest BCUT2D eigenvalue weighted by Crippen LogP contribution is -2.38. The van der Waals surface area contributed by atoms with Gasteiger partial charge in [-0.05, 0) is 31.5 Å². The molecular weight excluding hydrogens is 285 g/mol. The first-order chi connectivity index (χ1) is 9.55. The van der Waals surface area contributed by atoms with E-state index < -0.39 is 18.3 Å². The molecule has 0 atom stereocenters. The summed E-state index contributed by atoms with van der Waals surface area (Å²) >= 11 is 0. The van der Waals surface area contributed by atoms with Crippen LogP contribution in [0.4, 0.5) is 13.2 Å². The van der Waals surface area contributed by atoms with Crippen molar-refractivity contribution in [2.24, 2.45) is 5.73 Å². The molecule has 118 valence electrons. The van der Waals surface area contributed by atoms with Gasteiger partial charge in [0.2, 0.25) is 5.91 Å². The van der Waals surface area contributed by atoms with Gasteiger partial charge in [-0.25, -0.2) is 0 Å². The molecule has 0 bridgehead atoms. The Hall–Kier alpha value is -1.76. The molecule has 0 aliphatic heterocycles. The fourth-order valence-corrected chi connectivity index (χ4v) is 1.55. The molecule has 1 amide bonds. The number of nitrogens with one attached hydrogen (secondary N) is 1. The maximum atomic E-state index is 12.0. The first-order valence-corrected chi connectivity index (χ1v) is 6.39. The third kappa shape index (κ3) is 8.19. The molecular formula is C14H19F3N2O2. The molecule has 0 unspecified atom stereocenters. The highest BCUT2D eigenvalue weighted by atomic mass is 19.4. The van der Waals surface area contributed by atoms with Crippen molar-refractivity contribution < 1.29 is 22.7 Å². The van der Waals surface area contributed by atoms with Gasteiger partial charge >= 0.3 is 6.18 Å². The second-order valence-corrected chi connectivity index (χ2v) is 5.49. The number of halogens is 3. The Bertz CT molecular complexity index is 465. The lowest BCUT2D eigenvalue weighted by Gasteiger charge is -2.17. The Kier molecular flexibility index (Phi) is 5.60. The summed E-state index contributed by atoms with van der Waals surface area (Å²) in [7, 11) is 0. The van der Waals surface area contributed by atoms with Crippen LogP contribution in [0.5, 0.6) is 5.75 Å². The van der Waals surface area contributed by atoms with Crippen molar-refractivity contribution in [3.8, 4) is 5.75 Å². The number of hydrogen-bond donors (Lipinski definition) is 2. The van der Waals surface area contributed by atoms with E-state index in [0.717, 1.165) is 5.56 Å². The summed E-state index contributed by atoms with van der Waals surface area (Å²) < 4.78 is 40.5. The van der Waals surface area contributed by atoms with E-state index in [0.29, 0.717) is 0 Å². The molecule has 0 fully saturated rings. The van der Waals surface area contributed by atoms with E-state index in [9.17, 15) is 18.0 Å². The molecule has 1 aromatic carbocycles. The molecule has 1 rings (SSSR count). The van der Waals surface area contributed by atoms with Gasteiger partial charge in [0.05, 0.1) is 0 Å². The van der Waals surface area contributed by atoms with Crippen LogP contribution in [-0.2, 0) is 11.3 Å². The van der Waals surface area contributed by atoms with E-state index in [1.165, 1.54) is 12.1 Å². The van der Waals surface area contributed by atoms with E-state index in [1.54, 1.807) is 26.0 Å². The van der Waals surface area contributed by atoms with E-state index >= 15 is 0 Å². The van der Waals surface area contributed by atoms with Crippen LogP contribution in [0.15, 0.2) is 24.3 Å². The first-order valence-electron chi connectivity index (χ1n) is 6.39. The normalized spacial score (nSPS) is 12.1. The fourth-order valence-electron chi connectivity index (χ4n) is 1.55. The van der Waals surface area contributed by atoms with E-state index in [4.69, 9.17) is 5.73 Å². The number of hydrogen-bond acceptors (Lipinski definition) is 3. The summed E-state index contributed by atoms with van der Waals surface area (Å²) in [6.45, 7) is 2.46. The van der Waals surface area contributed by atoms with Crippen molar-refractivity contribution in [2.45, 2.75) is 38.5 Å². The monoisotopic (exact) mass is 304 g/mol. The second-order valence-electron chi connectivity index (χ2n) is 5.49. The number of benzene rings is 1. The predicted octanol–water partition coefficient (Wildman–Crippen LogP) is 2.37. The number of carbonyl (C=O) groups is 1. The van der Waals surface area contributed by atoms with Crippen molar-refractivity contribution in [2.75, 3.05) is 6.61 Å². The molecule has 0 aliphatic carbocycles. The summed E-state index contributed by atoms with van der Waals surface area (Å²) in [5.41, 5.74) is 5.90. The summed E-state index contributed by atoms with van der Waals surface area (Å²) in [6.07, 6.45) is -4.17. The standard InChI is InChI=1S/C14H19F3N2O2/c1-13(2,18)7-12(20)19-8-10-3-5-11(6-4-10)21-9-14(15,16)17/h3-6H,7-9,18H2,1-2H3,(H,19,20). The second kappa shape index (κ2) is 6.80. The van der Waals surface area contributed by atoms with Crippen LogP contribution in [0, 0.1) is 0 Å². The topological polar surface area (TPSA) is 64.4 Å². The maximum Gasteiger partial charge on any atom is 0.422 e. The SMILES string of the molecule is CC(C)(N)CC(=O)NCc1ccc(OCC(F)(F)F)cc1. The minimum Gasteiger partial charge on any atom is -0.484 e. The molecule has 0 saturated carbocycles. The van der Waals surface area contributed by atoms with Gasteiger partial charge in [0.25, 0.3) is 0 Å². The molecule has 7 heteroatoms. The van der Waals surface area contributed by atoms with Gasteiger partial charge in [-0.3, -0.25) is 4.79 Å². The van der Waals surface area contributed by atoms with Crippen LogP contribution in [-0.4, -0.2) is 24.2 Å². The Morgan fingerprint density at radius 3 is 2.29 bits per heavy atom. The first kappa shape index (κ1) is 17.3. The summed E-state index contributed by atoms with van der Waals surface area (Å²) in [5, 5.41) is 2.69. The van der Waals surface area contributed by atoms with Crippen molar-refractivity contribution in [3.63, 3.8) is 0 Å². The van der Waals surface area contributed by atoms with Crippen LogP contribution in [0.2, 0.25) is 0 Å². The van der Waals surface area contributed by atoms with Gasteiger partial charge in [-0.15, -0.1) is 0 Å². The zero-order chi connectivity index (χ0) is 16.1. The third-order valence-electron chi connectivity index (χ3n) is 2.43. The van der Waals surface area contributed by atoms with Crippen LogP contribution in [0.1, 0.15) is 25.8 Å². The number of alkyl halides is 3. The highest BCUT2D eigenvalue weighted by Gasteiger charge is 2.28. The fraction of sp³-hybridized carbons (Fsp3) is 0.500. The third-order valence-corrected chi connectivity index (χ3v) is 2.43. The highest BCUT2D eigenvalue weighted by Crippen LogP contribution is 2.18. The summed E-state index contributed by atoms with van der Waals surface area (Å²) in [5.74, 6) is -0.0506. The van der Waals surface area contributed by atoms with Crippen molar-refractivity contribution in [1.82, 2.24) is 5.32 Å². The maximum absolute atomic E-state index is 12.0. The molecule has 21 heavy (non-hydrogen) atoms. The van der Waals surface area contributed by atoms with Gasteiger partial charge in [0.15, 0.2) is 6.61 Å². The molecule has 0 aromatic heterocycles. The molecule has 0 radical (unpaired) electrons. The van der Waals surface area contributed by atoms with Crippen molar-refractivity contribution in [1.29, 1.82) is 0 Å². The Labute approximate surface area is 121 Å². The van der Waals surface area contributed by atoms with Gasteiger partial charge in [-0.2, -0.15) is 13.2 Å². The zero-order valence-corrected chi connectivity index (χ0v) is 12.0. The van der Waals surface area contributed by atoms with E-state index in [2.05, 4.69) is 10.1 Å². The lowest BCUT2D eigenvalue weighted by atomic mass is 10.0. The molecule has 0 heterocycles. The number of nitrogens with two attached hydrogens (primary N) is 1. The van der Waals surface area contributed by atoms with Gasteiger partial charge in [-0.1, -0.05) is 12.1 Å². The quantitative estimate of drug-likeness (QED) is 0.848.